The van der Waals surface area contributed by atoms with Gasteiger partial charge in [0.25, 0.3) is 5.56 Å². The monoisotopic (exact) mass is 416 g/mol. The maximum atomic E-state index is 12.9. The minimum atomic E-state index is -0.412. The smallest absolute Gasteiger partial charge is 0.332 e. The van der Waals surface area contributed by atoms with E-state index in [4.69, 9.17) is 4.74 Å². The zero-order valence-corrected chi connectivity index (χ0v) is 17.3. The SMILES string of the molecule is COc1cccc(-c2cn3c4c(=O)n(C)c(=O)n(C)c4nc3n2Cc2cccnc2)c1. The molecule has 9 heteroatoms. The molecule has 1 aromatic carbocycles. The first kappa shape index (κ1) is 18.9. The fraction of sp³-hybridized carbons (Fsp3) is 0.182. The quantitative estimate of drug-likeness (QED) is 0.446. The van der Waals surface area contributed by atoms with E-state index in [0.29, 0.717) is 23.5 Å². The number of imidazole rings is 2. The molecule has 0 amide bonds. The zero-order chi connectivity index (χ0) is 21.7. The number of methoxy groups -OCH3 is 1. The topological polar surface area (TPSA) is 88.4 Å². The zero-order valence-electron chi connectivity index (χ0n) is 17.3. The summed E-state index contributed by atoms with van der Waals surface area (Å²) in [6.45, 7) is 0.495. The Bertz CT molecular complexity index is 1560. The van der Waals surface area contributed by atoms with Crippen LogP contribution in [0.5, 0.6) is 5.75 Å². The Labute approximate surface area is 176 Å². The third-order valence-electron chi connectivity index (χ3n) is 5.49. The largest absolute Gasteiger partial charge is 0.497 e. The van der Waals surface area contributed by atoms with E-state index in [1.54, 1.807) is 31.0 Å². The molecule has 0 aliphatic rings. The predicted molar refractivity (Wildman–Crippen MR) is 116 cm³/mol. The highest BCUT2D eigenvalue weighted by molar-refractivity contribution is 5.78. The number of aryl methyl sites for hydroxylation is 1. The Balaban J connectivity index is 1.86. The van der Waals surface area contributed by atoms with Crippen LogP contribution in [0.15, 0.2) is 64.6 Å². The molecule has 9 nitrogen and oxygen atoms in total. The molecular formula is C22H20N6O3. The van der Waals surface area contributed by atoms with Gasteiger partial charge >= 0.3 is 5.69 Å². The minimum Gasteiger partial charge on any atom is -0.497 e. The highest BCUT2D eigenvalue weighted by Gasteiger charge is 2.21. The first-order chi connectivity index (χ1) is 15.0. The van der Waals surface area contributed by atoms with E-state index in [1.165, 1.54) is 11.6 Å². The van der Waals surface area contributed by atoms with Crippen LogP contribution in [0.1, 0.15) is 5.56 Å². The van der Waals surface area contributed by atoms with E-state index in [9.17, 15) is 9.59 Å². The summed E-state index contributed by atoms with van der Waals surface area (Å²) < 4.78 is 11.6. The van der Waals surface area contributed by atoms with E-state index >= 15 is 0 Å². The van der Waals surface area contributed by atoms with E-state index in [-0.39, 0.29) is 5.56 Å². The van der Waals surface area contributed by atoms with Crippen molar-refractivity contribution < 1.29 is 4.74 Å². The third kappa shape index (κ3) is 2.85. The van der Waals surface area contributed by atoms with Gasteiger partial charge in [0.2, 0.25) is 5.78 Å². The number of pyridine rings is 1. The van der Waals surface area contributed by atoms with Crippen LogP contribution in [0.4, 0.5) is 0 Å². The Morgan fingerprint density at radius 1 is 1.06 bits per heavy atom. The first-order valence-corrected chi connectivity index (χ1v) is 9.70. The Morgan fingerprint density at radius 2 is 1.90 bits per heavy atom. The Hall–Kier alpha value is -4.14. The Kier molecular flexibility index (Phi) is 4.25. The van der Waals surface area contributed by atoms with Gasteiger partial charge in [-0.2, -0.15) is 4.98 Å². The van der Waals surface area contributed by atoms with E-state index in [1.807, 2.05) is 47.2 Å². The average molecular weight is 416 g/mol. The first-order valence-electron chi connectivity index (χ1n) is 9.70. The lowest BCUT2D eigenvalue weighted by Gasteiger charge is -2.10. The molecule has 156 valence electrons. The van der Waals surface area contributed by atoms with Gasteiger partial charge in [-0.3, -0.25) is 23.3 Å². The van der Waals surface area contributed by atoms with Crippen molar-refractivity contribution in [2.24, 2.45) is 14.1 Å². The van der Waals surface area contributed by atoms with Gasteiger partial charge in [-0.15, -0.1) is 0 Å². The summed E-state index contributed by atoms with van der Waals surface area (Å²) >= 11 is 0. The fourth-order valence-corrected chi connectivity index (χ4v) is 3.86. The molecule has 0 fully saturated rings. The summed E-state index contributed by atoms with van der Waals surface area (Å²) in [6.07, 6.45) is 5.39. The lowest BCUT2D eigenvalue weighted by Crippen LogP contribution is -2.37. The summed E-state index contributed by atoms with van der Waals surface area (Å²) in [5.74, 6) is 1.29. The second-order valence-electron chi connectivity index (χ2n) is 7.35. The number of rotatable bonds is 4. The van der Waals surface area contributed by atoms with Crippen molar-refractivity contribution in [3.05, 3.63) is 81.4 Å². The van der Waals surface area contributed by atoms with Gasteiger partial charge < -0.3 is 9.30 Å². The number of benzene rings is 1. The van der Waals surface area contributed by atoms with Crippen LogP contribution in [-0.2, 0) is 20.6 Å². The van der Waals surface area contributed by atoms with E-state index < -0.39 is 5.69 Å². The third-order valence-corrected chi connectivity index (χ3v) is 5.49. The van der Waals surface area contributed by atoms with Crippen LogP contribution >= 0.6 is 0 Å². The van der Waals surface area contributed by atoms with Crippen LogP contribution in [0.2, 0.25) is 0 Å². The highest BCUT2D eigenvalue weighted by atomic mass is 16.5. The van der Waals surface area contributed by atoms with E-state index in [2.05, 4.69) is 9.97 Å². The second kappa shape index (κ2) is 6.98. The number of nitrogens with zero attached hydrogens (tertiary/aromatic N) is 6. The summed E-state index contributed by atoms with van der Waals surface area (Å²) in [6, 6.07) is 11.6. The van der Waals surface area contributed by atoms with Crippen LogP contribution in [-0.4, -0.2) is 35.2 Å². The number of hydrogen-bond donors (Lipinski definition) is 0. The summed E-state index contributed by atoms with van der Waals surface area (Å²) in [4.78, 5) is 34.2. The molecule has 0 atom stereocenters. The summed E-state index contributed by atoms with van der Waals surface area (Å²) in [5.41, 5.74) is 2.67. The van der Waals surface area contributed by atoms with Crippen LogP contribution < -0.4 is 16.0 Å². The number of fused-ring (bicyclic) bond motifs is 3. The van der Waals surface area contributed by atoms with Crippen LogP contribution in [0, 0.1) is 0 Å². The van der Waals surface area contributed by atoms with Gasteiger partial charge in [0.15, 0.2) is 11.2 Å². The maximum absolute atomic E-state index is 12.9. The molecule has 4 aromatic heterocycles. The van der Waals surface area contributed by atoms with Crippen molar-refractivity contribution in [3.63, 3.8) is 0 Å². The van der Waals surface area contributed by atoms with E-state index in [0.717, 1.165) is 27.1 Å². The molecule has 0 N–H and O–H groups in total. The Morgan fingerprint density at radius 3 is 2.65 bits per heavy atom. The van der Waals surface area contributed by atoms with Crippen molar-refractivity contribution in [1.29, 1.82) is 0 Å². The molecule has 31 heavy (non-hydrogen) atoms. The van der Waals surface area contributed by atoms with Crippen molar-refractivity contribution in [2.45, 2.75) is 6.54 Å². The van der Waals surface area contributed by atoms with Gasteiger partial charge in [0.05, 0.1) is 19.3 Å². The lowest BCUT2D eigenvalue weighted by molar-refractivity contribution is 0.415. The average Bonchev–Trinajstić information content (AvgIpc) is 3.34. The van der Waals surface area contributed by atoms with Crippen molar-refractivity contribution in [3.8, 4) is 17.0 Å². The molecule has 0 radical (unpaired) electrons. The van der Waals surface area contributed by atoms with Crippen LogP contribution in [0.3, 0.4) is 0 Å². The highest BCUT2D eigenvalue weighted by Crippen LogP contribution is 2.28. The lowest BCUT2D eigenvalue weighted by atomic mass is 10.1. The molecule has 5 rings (SSSR count). The molecule has 0 saturated carbocycles. The van der Waals surface area contributed by atoms with Gasteiger partial charge in [-0.05, 0) is 23.8 Å². The number of aromatic nitrogens is 6. The summed E-state index contributed by atoms with van der Waals surface area (Å²) in [7, 11) is 4.71. The van der Waals surface area contributed by atoms with Crippen molar-refractivity contribution in [1.82, 2.24) is 28.1 Å². The van der Waals surface area contributed by atoms with Crippen molar-refractivity contribution in [2.75, 3.05) is 7.11 Å². The molecule has 0 spiro atoms. The van der Waals surface area contributed by atoms with Gasteiger partial charge in [0.1, 0.15) is 5.75 Å². The van der Waals surface area contributed by atoms with Crippen LogP contribution in [0.25, 0.3) is 28.2 Å². The normalized spacial score (nSPS) is 11.5. The molecule has 0 aliphatic carbocycles. The molecule has 4 heterocycles. The molecule has 0 saturated heterocycles. The van der Waals surface area contributed by atoms with Gasteiger partial charge in [-0.1, -0.05) is 18.2 Å². The number of ether oxygens (including phenoxy) is 1. The molecule has 5 aromatic rings. The summed E-state index contributed by atoms with van der Waals surface area (Å²) in [5, 5.41) is 0. The fourth-order valence-electron chi connectivity index (χ4n) is 3.86. The molecular weight excluding hydrogens is 396 g/mol. The molecule has 0 unspecified atom stereocenters. The second-order valence-corrected chi connectivity index (χ2v) is 7.35. The molecule has 0 aliphatic heterocycles. The number of hydrogen-bond acceptors (Lipinski definition) is 5. The molecule has 0 bridgehead atoms. The van der Waals surface area contributed by atoms with Gasteiger partial charge in [0, 0.05) is 38.2 Å². The van der Waals surface area contributed by atoms with Gasteiger partial charge in [-0.25, -0.2) is 4.79 Å². The predicted octanol–water partition coefficient (Wildman–Crippen LogP) is 1.81. The maximum Gasteiger partial charge on any atom is 0.332 e. The standard InChI is InChI=1S/C22H20N6O3/c1-25-19-18(20(29)26(2)22(25)30)28-13-17(15-7-4-8-16(10-15)31-3)27(21(28)24-19)12-14-6-5-9-23-11-14/h4-11,13H,12H2,1-3H3. The minimum absolute atomic E-state index is 0.347. The van der Waals surface area contributed by atoms with Crippen molar-refractivity contribution >= 4 is 16.9 Å².